The molecule has 1 saturated heterocycles. The van der Waals surface area contributed by atoms with Crippen molar-refractivity contribution in [3.8, 4) is 22.5 Å². The topological polar surface area (TPSA) is 227 Å². The molecule has 18 nitrogen and oxygen atoms in total. The molecule has 418 valence electrons. The minimum atomic E-state index is -0.584. The molecule has 3 aliphatic rings. The number of amides is 2. The molecule has 6 aromatic heterocycles. The zero-order chi connectivity index (χ0) is 55.3. The third-order valence-corrected chi connectivity index (χ3v) is 15.5. The van der Waals surface area contributed by atoms with Crippen molar-refractivity contribution in [3.63, 3.8) is 0 Å². The third-order valence-electron chi connectivity index (χ3n) is 15.1. The van der Waals surface area contributed by atoms with Gasteiger partial charge in [0.1, 0.15) is 11.4 Å². The number of halogens is 1. The fourth-order valence-electron chi connectivity index (χ4n) is 10.1. The van der Waals surface area contributed by atoms with E-state index >= 15 is 0 Å². The fraction of sp³-hybridized carbons (Fsp3) is 0.379. The Balaban J connectivity index is 0.000000338. The van der Waals surface area contributed by atoms with Crippen LogP contribution < -0.4 is 25.6 Å². The maximum atomic E-state index is 13.0. The lowest BCUT2D eigenvalue weighted by atomic mass is 9.76. The van der Waals surface area contributed by atoms with Crippen LogP contribution in [0.5, 0.6) is 0 Å². The summed E-state index contributed by atoms with van der Waals surface area (Å²) in [5.41, 5.74) is 7.64. The summed E-state index contributed by atoms with van der Waals surface area (Å²) in [6, 6.07) is 26.0. The first-order valence-corrected chi connectivity index (χ1v) is 27.0. The second-order valence-electron chi connectivity index (χ2n) is 21.4. The van der Waals surface area contributed by atoms with Gasteiger partial charge in [0, 0.05) is 79.6 Å². The van der Waals surface area contributed by atoms with E-state index in [1.165, 1.54) is 0 Å². The highest BCUT2D eigenvalue weighted by molar-refractivity contribution is 6.65. The zero-order valence-electron chi connectivity index (χ0n) is 44.9. The fourth-order valence-corrected chi connectivity index (χ4v) is 10.2. The predicted octanol–water partition coefficient (Wildman–Crippen LogP) is 8.18. The van der Waals surface area contributed by atoms with Crippen LogP contribution in [-0.2, 0) is 35.7 Å². The van der Waals surface area contributed by atoms with E-state index in [-0.39, 0.29) is 32.5 Å². The SMILES string of the molecule is CC1(C)OB(c2cc(C(=O)N[C@H]3CCCC[C@@H]3O)nc3ccccc23)OC1(C)C.Cn1cc(-c2ccc(CCl)c[n+]2O)cn1.Cn1cc(-c2ccc(Cc3cc(C(=O)N[C@H]4CCCC[C@@H]4O)nc4ccccc34)c[n+]2O)cn1.[HH].[HH].[HH].[HH].[HH].[HH]. The number of aliphatic hydroxyl groups excluding tert-OH is 2. The number of alkyl halides is 1. The number of aromatic nitrogens is 8. The Morgan fingerprint density at radius 3 is 1.63 bits per heavy atom. The number of para-hydroxylation sites is 2. The van der Waals surface area contributed by atoms with Gasteiger partial charge in [-0.3, -0.25) is 29.4 Å². The molecular formula is C58H80BClN10O8+2. The van der Waals surface area contributed by atoms with E-state index < -0.39 is 30.5 Å². The summed E-state index contributed by atoms with van der Waals surface area (Å²) >= 11 is 5.66. The molecule has 2 amide bonds. The number of aliphatic hydroxyl groups is 2. The quantitative estimate of drug-likeness (QED) is 0.0330. The number of aryl methyl sites for hydroxylation is 2. The van der Waals surface area contributed by atoms with Gasteiger partial charge in [0.25, 0.3) is 23.2 Å². The first-order chi connectivity index (χ1) is 37.4. The van der Waals surface area contributed by atoms with Crippen LogP contribution >= 0.6 is 11.6 Å². The summed E-state index contributed by atoms with van der Waals surface area (Å²) in [6.45, 7) is 8.03. The van der Waals surface area contributed by atoms with Crippen molar-refractivity contribution in [2.45, 2.75) is 127 Å². The predicted molar refractivity (Wildman–Crippen MR) is 308 cm³/mol. The maximum Gasteiger partial charge on any atom is 0.495 e. The van der Waals surface area contributed by atoms with Gasteiger partial charge >= 0.3 is 7.12 Å². The molecule has 8 aromatic rings. The summed E-state index contributed by atoms with van der Waals surface area (Å²) in [7, 11) is 3.08. The monoisotopic (exact) mass is 1090 g/mol. The summed E-state index contributed by atoms with van der Waals surface area (Å²) in [6.07, 6.45) is 16.8. The van der Waals surface area contributed by atoms with E-state index in [9.17, 15) is 30.2 Å². The molecule has 0 bridgehead atoms. The van der Waals surface area contributed by atoms with Crippen LogP contribution in [-0.4, -0.2) is 105 Å². The van der Waals surface area contributed by atoms with Crippen LogP contribution in [0, 0.1) is 0 Å². The Labute approximate surface area is 467 Å². The lowest BCUT2D eigenvalue weighted by molar-refractivity contribution is -0.896. The molecule has 6 N–H and O–H groups in total. The van der Waals surface area contributed by atoms with Crippen LogP contribution in [0.25, 0.3) is 44.3 Å². The number of benzene rings is 2. The number of fused-ring (bicyclic) bond motifs is 2. The van der Waals surface area contributed by atoms with Crippen LogP contribution in [0.1, 0.15) is 125 Å². The summed E-state index contributed by atoms with van der Waals surface area (Å²) in [4.78, 5) is 35.1. The normalized spacial score (nSPS) is 19.6. The van der Waals surface area contributed by atoms with Gasteiger partial charge in [0.05, 0.1) is 75.9 Å². The van der Waals surface area contributed by atoms with Gasteiger partial charge < -0.3 is 30.2 Å². The summed E-state index contributed by atoms with van der Waals surface area (Å²) in [5.74, 6) is -0.171. The van der Waals surface area contributed by atoms with Gasteiger partial charge in [0.2, 0.25) is 12.4 Å². The second-order valence-corrected chi connectivity index (χ2v) is 21.7. The number of nitrogens with zero attached hydrogens (tertiary/aromatic N) is 8. The minimum Gasteiger partial charge on any atom is -0.399 e. The van der Waals surface area contributed by atoms with Gasteiger partial charge in [-0.2, -0.15) is 10.2 Å². The van der Waals surface area contributed by atoms with Crippen LogP contribution in [0.2, 0.25) is 0 Å². The lowest BCUT2D eigenvalue weighted by Crippen LogP contribution is -2.45. The molecule has 2 aliphatic carbocycles. The van der Waals surface area contributed by atoms with Gasteiger partial charge in [0.15, 0.2) is 0 Å². The Bertz CT molecular complexity index is 3460. The van der Waals surface area contributed by atoms with Crippen molar-refractivity contribution in [2.75, 3.05) is 0 Å². The Morgan fingerprint density at radius 1 is 0.679 bits per heavy atom. The van der Waals surface area contributed by atoms with Crippen LogP contribution in [0.3, 0.4) is 0 Å². The van der Waals surface area contributed by atoms with Crippen LogP contribution in [0.4, 0.5) is 0 Å². The maximum absolute atomic E-state index is 13.0. The number of hydrogen-bond acceptors (Lipinski definition) is 12. The molecule has 0 radical (unpaired) electrons. The molecule has 0 spiro atoms. The standard InChI is InChI=1S/C26H27N5O3.C22H29BN2O4.C10H11ClN3O.6H2/c1-30-16-19(14-27-30)24-11-10-17(15-31(24)34)12-18-13-23(28-21-7-3-2-6-20(18)21)26(33)29-22-8-4-5-9-25(22)32;1-21(2)22(3,4)29-23(28-21)15-13-18(24-16-10-6-5-9-14(15)16)20(27)25-17-11-7-8-12-19(17)26;1-13-7-9(5-12-13)10-3-2-8(4-11)6-14(10)15;;;;;;/h2-3,6-7,10-11,13-16,22,25,32H,4-5,8-9,12H2,1H3,(H-,29,33,34);5-6,9-10,13,17,19,26H,7-8,11-12H2,1-4H3,(H,25,27);2-3,5-7,15H,4H2,1H3;6*1H/q;;+1;;;;;;/p+1/t22-,25-;17-,19-;;;;;;;/m00......./s1. The second kappa shape index (κ2) is 23.8. The Kier molecular flexibility index (Phi) is 16.9. The van der Waals surface area contributed by atoms with Crippen molar-refractivity contribution in [2.24, 2.45) is 14.1 Å². The number of pyridine rings is 4. The largest absolute Gasteiger partial charge is 0.495 e. The van der Waals surface area contributed by atoms with Crippen LogP contribution in [0.15, 0.2) is 122 Å². The average molecular weight is 1090 g/mol. The highest BCUT2D eigenvalue weighted by Gasteiger charge is 2.52. The van der Waals surface area contributed by atoms with Gasteiger partial charge in [-0.15, -0.1) is 11.6 Å². The molecule has 7 heterocycles. The third kappa shape index (κ3) is 12.7. The number of rotatable bonds is 10. The highest BCUT2D eigenvalue weighted by atomic mass is 35.5. The van der Waals surface area contributed by atoms with Crippen molar-refractivity contribution >= 4 is 57.8 Å². The zero-order valence-corrected chi connectivity index (χ0v) is 45.6. The molecule has 4 atom stereocenters. The molecule has 20 heteroatoms. The molecule has 2 aromatic carbocycles. The van der Waals surface area contributed by atoms with Crippen molar-refractivity contribution in [1.29, 1.82) is 0 Å². The molecule has 11 rings (SSSR count). The number of carbonyl (C=O) groups excluding carboxylic acids is 2. The van der Waals surface area contributed by atoms with E-state index in [2.05, 4.69) is 30.8 Å². The van der Waals surface area contributed by atoms with Crippen molar-refractivity contribution in [3.05, 3.63) is 150 Å². The first-order valence-electron chi connectivity index (χ1n) is 26.5. The Hall–Kier alpha value is -7.29. The molecule has 1 aliphatic heterocycles. The molecule has 2 saturated carbocycles. The van der Waals surface area contributed by atoms with E-state index in [1.807, 2.05) is 133 Å². The van der Waals surface area contributed by atoms with Gasteiger partial charge in [-0.25, -0.2) is 9.97 Å². The molecule has 0 unspecified atom stereocenters. The molecular weight excluding hydrogens is 1010 g/mol. The first kappa shape index (κ1) is 55.5. The Morgan fingerprint density at radius 2 is 1.14 bits per heavy atom. The van der Waals surface area contributed by atoms with Crippen molar-refractivity contribution in [1.82, 2.24) is 40.2 Å². The van der Waals surface area contributed by atoms with E-state index in [4.69, 9.17) is 20.9 Å². The van der Waals surface area contributed by atoms with E-state index in [1.54, 1.807) is 40.2 Å². The number of hydrogen-bond donors (Lipinski definition) is 6. The highest BCUT2D eigenvalue weighted by Crippen LogP contribution is 2.37. The molecule has 3 fully saturated rings. The molecule has 78 heavy (non-hydrogen) atoms. The number of nitrogens with one attached hydrogen (secondary N) is 2. The average Bonchev–Trinajstić information content (AvgIpc) is 4.25. The number of carbonyl (C=O) groups is 2. The van der Waals surface area contributed by atoms with Crippen molar-refractivity contribution < 1.29 is 57.5 Å². The van der Waals surface area contributed by atoms with Gasteiger partial charge in [-0.05, 0) is 106 Å². The van der Waals surface area contributed by atoms with E-state index in [0.717, 1.165) is 104 Å². The smallest absolute Gasteiger partial charge is 0.399 e. The van der Waals surface area contributed by atoms with Gasteiger partial charge in [-0.1, -0.05) is 62.1 Å². The minimum absolute atomic E-state index is 0. The van der Waals surface area contributed by atoms with E-state index in [0.29, 0.717) is 47.0 Å². The lowest BCUT2D eigenvalue weighted by Gasteiger charge is -2.32. The summed E-state index contributed by atoms with van der Waals surface area (Å²) < 4.78 is 18.0. The summed E-state index contributed by atoms with van der Waals surface area (Å²) in [5, 5.41) is 56.7.